The molecule has 18 nitrogen and oxygen atoms in total. The highest BCUT2D eigenvalue weighted by molar-refractivity contribution is 5.99. The number of alkyl halides is 3. The molecule has 0 saturated carbocycles. The molecule has 0 aliphatic carbocycles. The van der Waals surface area contributed by atoms with Crippen molar-refractivity contribution in [2.24, 2.45) is 29.8 Å². The molecule has 0 spiro atoms. The number of nitrogens with zero attached hydrogens (tertiary/aromatic N) is 11. The Morgan fingerprint density at radius 3 is 1.74 bits per heavy atom. The number of primary amides is 1. The molecule has 0 radical (unpaired) electrons. The van der Waals surface area contributed by atoms with Gasteiger partial charge in [0, 0.05) is 52.4 Å². The van der Waals surface area contributed by atoms with Crippen molar-refractivity contribution in [3.8, 4) is 5.75 Å². The van der Waals surface area contributed by atoms with Gasteiger partial charge in [-0.1, -0.05) is 23.3 Å². The Morgan fingerprint density at radius 2 is 1.26 bits per heavy atom. The van der Waals surface area contributed by atoms with E-state index >= 15 is 0 Å². The number of amides is 3. The molecule has 3 N–H and O–H groups in total. The molecule has 21 heteroatoms. The lowest BCUT2D eigenvalue weighted by Crippen LogP contribution is -2.28. The maximum Gasteiger partial charge on any atom is 0.490 e. The number of carbonyl (C=O) groups is 4. The van der Waals surface area contributed by atoms with Gasteiger partial charge in [-0.3, -0.25) is 23.7 Å². The Hall–Kier alpha value is -7.03. The summed E-state index contributed by atoms with van der Waals surface area (Å²) < 4.78 is 49.2. The third-order valence-corrected chi connectivity index (χ3v) is 10.6. The minimum Gasteiger partial charge on any atom is -0.491 e. The summed E-state index contributed by atoms with van der Waals surface area (Å²) in [5.74, 6) is -3.73. The van der Waals surface area contributed by atoms with Crippen LogP contribution >= 0.6 is 0 Å². The summed E-state index contributed by atoms with van der Waals surface area (Å²) in [4.78, 5) is 60.6. The third kappa shape index (κ3) is 11.0. The van der Waals surface area contributed by atoms with Crippen LogP contribution in [0, 0.1) is 13.8 Å². The fourth-order valence-corrected chi connectivity index (χ4v) is 7.23. The number of allylic oxidation sites excluding steroid dienone is 2. The van der Waals surface area contributed by atoms with Crippen molar-refractivity contribution in [2.75, 3.05) is 27.2 Å². The first kappa shape index (κ1) is 49.0. The monoisotopic (exact) mass is 904 g/mol. The number of aryl methyl sites for hydroxylation is 6. The molecule has 0 bridgehead atoms. The molecule has 2 aromatic carbocycles. The van der Waals surface area contributed by atoms with Crippen LogP contribution in [0.4, 0.5) is 13.2 Å². The number of aromatic nitrogens is 8. The normalized spacial score (nSPS) is 12.8. The fraction of sp³-hybridized carbons (Fsp3) is 0.409. The number of fused-ring (bicyclic) bond motifs is 2. The predicted octanol–water partition coefficient (Wildman–Crippen LogP) is 4.90. The summed E-state index contributed by atoms with van der Waals surface area (Å²) in [6, 6.07) is 14.8. The highest BCUT2D eigenvalue weighted by Gasteiger charge is 2.38. The third-order valence-electron chi connectivity index (χ3n) is 10.6. The number of hydrogen-bond donors (Lipinski definition) is 2. The number of carboxylic acids is 1. The first-order valence-electron chi connectivity index (χ1n) is 20.7. The Labute approximate surface area is 372 Å². The summed E-state index contributed by atoms with van der Waals surface area (Å²) in [7, 11) is 7.71. The average Bonchev–Trinajstić information content (AvgIpc) is 3.97. The molecule has 0 saturated heterocycles. The molecule has 6 rings (SSSR count). The number of hydrogen-bond acceptors (Lipinski definition) is 8. The van der Waals surface area contributed by atoms with Crippen molar-refractivity contribution >= 4 is 45.8 Å². The summed E-state index contributed by atoms with van der Waals surface area (Å²) >= 11 is 0. The van der Waals surface area contributed by atoms with Crippen LogP contribution in [0.3, 0.4) is 0 Å². The quantitative estimate of drug-likeness (QED) is 0.112. The largest absolute Gasteiger partial charge is 0.491 e. The van der Waals surface area contributed by atoms with E-state index in [0.717, 1.165) is 40.8 Å². The molecule has 0 atom stereocenters. The molecule has 4 aromatic heterocycles. The minimum absolute atomic E-state index is 0.277. The van der Waals surface area contributed by atoms with Gasteiger partial charge in [-0.05, 0) is 98.5 Å². The molecule has 4 heterocycles. The number of imidazole rings is 2. The van der Waals surface area contributed by atoms with Gasteiger partial charge in [-0.25, -0.2) is 4.79 Å². The van der Waals surface area contributed by atoms with E-state index in [0.29, 0.717) is 77.9 Å². The van der Waals surface area contributed by atoms with E-state index in [-0.39, 0.29) is 11.5 Å². The van der Waals surface area contributed by atoms with E-state index in [1.54, 1.807) is 38.2 Å². The number of para-hydroxylation sites is 2. The molecule has 6 aromatic rings. The highest BCUT2D eigenvalue weighted by atomic mass is 19.4. The SMILES string of the molecule is CCn1nc(C)cc1C(=O)N=c1n(C)c2ccccc2n1C/C(C)=C(\C)Cn1c(=NC(=O)c2cc(C)nn2CC)n(C)c2cc(C(N)=O)cc(OCCCN(C)C)c21.O=C(O)C(F)(F)F. The number of carboxylic acid groups (broad SMARTS) is 1. The van der Waals surface area contributed by atoms with Gasteiger partial charge in [0.1, 0.15) is 22.7 Å². The summed E-state index contributed by atoms with van der Waals surface area (Å²) in [5, 5.41) is 16.1. The van der Waals surface area contributed by atoms with E-state index in [4.69, 9.17) is 25.4 Å². The molecule has 65 heavy (non-hydrogen) atoms. The van der Waals surface area contributed by atoms with Crippen molar-refractivity contribution < 1.29 is 42.2 Å². The number of carbonyl (C=O) groups excluding carboxylic acids is 3. The van der Waals surface area contributed by atoms with Crippen molar-refractivity contribution in [1.29, 1.82) is 0 Å². The zero-order valence-electron chi connectivity index (χ0n) is 38.2. The van der Waals surface area contributed by atoms with Crippen LogP contribution in [0.25, 0.3) is 22.1 Å². The number of nitrogens with two attached hydrogens (primary N) is 1. The lowest BCUT2D eigenvalue weighted by atomic mass is 10.1. The molecule has 348 valence electrons. The topological polar surface area (TPSA) is 207 Å². The first-order chi connectivity index (χ1) is 30.6. The van der Waals surface area contributed by atoms with Crippen LogP contribution in [-0.4, -0.2) is 105 Å². The Bertz CT molecular complexity index is 2960. The van der Waals surface area contributed by atoms with Crippen molar-refractivity contribution in [2.45, 2.75) is 80.3 Å². The van der Waals surface area contributed by atoms with Crippen LogP contribution in [-0.2, 0) is 45.1 Å². The zero-order valence-corrected chi connectivity index (χ0v) is 38.2. The van der Waals surface area contributed by atoms with Gasteiger partial charge in [0.2, 0.25) is 17.1 Å². The Morgan fingerprint density at radius 1 is 0.785 bits per heavy atom. The maximum absolute atomic E-state index is 14.0. The van der Waals surface area contributed by atoms with E-state index < -0.39 is 24.0 Å². The van der Waals surface area contributed by atoms with Crippen molar-refractivity contribution in [3.05, 3.63) is 99.3 Å². The molecule has 0 unspecified atom stereocenters. The number of rotatable bonds is 14. The van der Waals surface area contributed by atoms with Gasteiger partial charge in [-0.15, -0.1) is 0 Å². The first-order valence-corrected chi connectivity index (χ1v) is 20.7. The van der Waals surface area contributed by atoms with Gasteiger partial charge < -0.3 is 38.7 Å². The number of ether oxygens (including phenoxy) is 1. The fourth-order valence-electron chi connectivity index (χ4n) is 7.23. The predicted molar refractivity (Wildman–Crippen MR) is 236 cm³/mol. The second-order valence-corrected chi connectivity index (χ2v) is 15.8. The smallest absolute Gasteiger partial charge is 0.490 e. The standard InChI is InChI=1S/C42H54N12O4.C2HF3O2/c1-11-53-34(20-28(5)46-53)39(56)44-41-49(9)31-16-13-14-17-32(31)51(41)24-26(3)27(4)25-52-37-33(22-30(38(43)55)23-36(37)58-19-15-18-48(7)8)50(10)42(52)45-40(57)35-21-29(6)47-54(35)12-2;3-2(4,5)1(6)7/h13-14,16-17,20-23H,11-12,15,18-19,24-25H2,1-10H3,(H2,43,55);(H,6,7)/b27-26+,44-41?,45-42?;. The summed E-state index contributed by atoms with van der Waals surface area (Å²) in [6.45, 7) is 14.6. The number of benzene rings is 2. The number of aliphatic carboxylic acids is 1. The van der Waals surface area contributed by atoms with Gasteiger partial charge >= 0.3 is 12.1 Å². The van der Waals surface area contributed by atoms with Crippen LogP contribution in [0.5, 0.6) is 5.75 Å². The van der Waals surface area contributed by atoms with E-state index in [2.05, 4.69) is 20.1 Å². The molecule has 0 aliphatic rings. The van der Waals surface area contributed by atoms with E-state index in [1.165, 1.54) is 0 Å². The Kier molecular flexibility index (Phi) is 15.2. The summed E-state index contributed by atoms with van der Waals surface area (Å²) in [5.41, 5.74) is 14.3. The Balaban J connectivity index is 0.00000105. The van der Waals surface area contributed by atoms with Crippen LogP contribution < -0.4 is 21.7 Å². The minimum atomic E-state index is -5.08. The average molecular weight is 905 g/mol. The summed E-state index contributed by atoms with van der Waals surface area (Å²) in [6.07, 6.45) is -4.34. The molecular weight excluding hydrogens is 850 g/mol. The van der Waals surface area contributed by atoms with E-state index in [9.17, 15) is 27.6 Å². The maximum atomic E-state index is 14.0. The molecular formula is C44H55F3N12O6. The van der Waals surface area contributed by atoms with Gasteiger partial charge in [0.15, 0.2) is 0 Å². The van der Waals surface area contributed by atoms with Crippen LogP contribution in [0.15, 0.2) is 69.7 Å². The molecule has 0 fully saturated rings. The van der Waals surface area contributed by atoms with E-state index in [1.807, 2.05) is 108 Å². The zero-order chi connectivity index (χ0) is 48.1. The molecule has 3 amide bonds. The lowest BCUT2D eigenvalue weighted by molar-refractivity contribution is -0.192. The van der Waals surface area contributed by atoms with Crippen molar-refractivity contribution in [3.63, 3.8) is 0 Å². The highest BCUT2D eigenvalue weighted by Crippen LogP contribution is 2.29. The van der Waals surface area contributed by atoms with Gasteiger partial charge in [-0.2, -0.15) is 33.4 Å². The second kappa shape index (κ2) is 20.2. The van der Waals surface area contributed by atoms with Crippen LogP contribution in [0.1, 0.15) is 76.8 Å². The van der Waals surface area contributed by atoms with Gasteiger partial charge in [0.05, 0.1) is 34.5 Å². The van der Waals surface area contributed by atoms with Crippen LogP contribution in [0.2, 0.25) is 0 Å². The molecule has 0 aliphatic heterocycles. The van der Waals surface area contributed by atoms with Gasteiger partial charge in [0.25, 0.3) is 11.8 Å². The second-order valence-electron chi connectivity index (χ2n) is 15.8. The van der Waals surface area contributed by atoms with Crippen molar-refractivity contribution in [1.82, 2.24) is 42.7 Å². The number of halogens is 3. The lowest BCUT2D eigenvalue weighted by Gasteiger charge is -2.15.